The number of benzene rings is 2. The number of ether oxygens (including phenoxy) is 2. The zero-order valence-electron chi connectivity index (χ0n) is 15.7. The van der Waals surface area contributed by atoms with Crippen molar-refractivity contribution in [2.75, 3.05) is 17.2 Å². The molecule has 28 heavy (non-hydrogen) atoms. The number of halogens is 1. The number of aryl methyl sites for hydroxylation is 1. The second kappa shape index (κ2) is 9.75. The number of rotatable bonds is 7. The van der Waals surface area contributed by atoms with E-state index in [1.165, 1.54) is 13.8 Å². The fourth-order valence-corrected chi connectivity index (χ4v) is 2.40. The molecule has 0 aliphatic rings. The molecule has 2 aromatic carbocycles. The van der Waals surface area contributed by atoms with E-state index < -0.39 is 18.0 Å². The number of carbonyl (C=O) groups is 3. The molecule has 2 N–H and O–H groups in total. The molecule has 0 unspecified atom stereocenters. The van der Waals surface area contributed by atoms with E-state index in [1.54, 1.807) is 36.4 Å². The van der Waals surface area contributed by atoms with E-state index in [0.717, 1.165) is 5.56 Å². The Labute approximate surface area is 168 Å². The van der Waals surface area contributed by atoms with Crippen LogP contribution in [-0.4, -0.2) is 30.5 Å². The molecule has 0 aliphatic carbocycles. The Morgan fingerprint density at radius 1 is 1.04 bits per heavy atom. The highest BCUT2D eigenvalue weighted by molar-refractivity contribution is 6.32. The van der Waals surface area contributed by atoms with E-state index >= 15 is 0 Å². The molecule has 2 aromatic rings. The summed E-state index contributed by atoms with van der Waals surface area (Å²) in [5.41, 5.74) is 2.05. The average molecular weight is 405 g/mol. The largest absolute Gasteiger partial charge is 0.480 e. The zero-order valence-corrected chi connectivity index (χ0v) is 16.5. The Balaban J connectivity index is 1.83. The molecule has 1 atom stereocenters. The first-order valence-electron chi connectivity index (χ1n) is 8.51. The normalized spacial score (nSPS) is 11.3. The molecular formula is C20H21ClN2O5. The highest BCUT2D eigenvalue weighted by atomic mass is 35.5. The first-order valence-corrected chi connectivity index (χ1v) is 8.89. The van der Waals surface area contributed by atoms with Gasteiger partial charge in [0.25, 0.3) is 5.91 Å². The van der Waals surface area contributed by atoms with Gasteiger partial charge in [0.05, 0.1) is 5.02 Å². The van der Waals surface area contributed by atoms with Gasteiger partial charge in [0.1, 0.15) is 5.75 Å². The van der Waals surface area contributed by atoms with E-state index in [1.807, 2.05) is 13.0 Å². The Morgan fingerprint density at radius 3 is 2.25 bits per heavy atom. The van der Waals surface area contributed by atoms with Gasteiger partial charge in [-0.15, -0.1) is 0 Å². The molecule has 0 heterocycles. The molecule has 0 bridgehead atoms. The van der Waals surface area contributed by atoms with Crippen molar-refractivity contribution in [2.45, 2.75) is 26.9 Å². The highest BCUT2D eigenvalue weighted by Gasteiger charge is 2.18. The monoisotopic (exact) mass is 404 g/mol. The standard InChI is InChI=1S/C20H21ClN2O5/c1-12-4-9-17(21)18(10-12)27-11-19(25)28-13(2)20(26)23-16-7-5-15(6-8-16)22-14(3)24/h4-10,13H,11H2,1-3H3,(H,22,24)(H,23,26)/t13-/m1/s1. The molecule has 0 aromatic heterocycles. The number of anilines is 2. The molecule has 0 fully saturated rings. The maximum absolute atomic E-state index is 12.2. The third kappa shape index (κ3) is 6.59. The van der Waals surface area contributed by atoms with Crippen LogP contribution in [0.15, 0.2) is 42.5 Å². The van der Waals surface area contributed by atoms with Crippen LogP contribution in [0, 0.1) is 6.92 Å². The minimum atomic E-state index is -1.01. The molecular weight excluding hydrogens is 384 g/mol. The van der Waals surface area contributed by atoms with E-state index in [2.05, 4.69) is 10.6 Å². The van der Waals surface area contributed by atoms with Gasteiger partial charge in [0.2, 0.25) is 5.91 Å². The Bertz CT molecular complexity index is 867. The molecule has 2 rings (SSSR count). The van der Waals surface area contributed by atoms with Gasteiger partial charge < -0.3 is 20.1 Å². The van der Waals surface area contributed by atoms with Crippen LogP contribution in [0.2, 0.25) is 5.02 Å². The fourth-order valence-electron chi connectivity index (χ4n) is 2.23. The van der Waals surface area contributed by atoms with Crippen molar-refractivity contribution in [2.24, 2.45) is 0 Å². The molecule has 0 saturated heterocycles. The third-order valence-corrected chi connectivity index (χ3v) is 3.89. The van der Waals surface area contributed by atoms with Gasteiger partial charge in [0, 0.05) is 18.3 Å². The third-order valence-electron chi connectivity index (χ3n) is 3.58. The number of esters is 1. The lowest BCUT2D eigenvalue weighted by molar-refractivity contribution is -0.155. The van der Waals surface area contributed by atoms with Crippen LogP contribution in [0.4, 0.5) is 11.4 Å². The van der Waals surface area contributed by atoms with Crippen LogP contribution in [0.5, 0.6) is 5.75 Å². The minimum Gasteiger partial charge on any atom is -0.480 e. The number of hydrogen-bond acceptors (Lipinski definition) is 5. The fraction of sp³-hybridized carbons (Fsp3) is 0.250. The number of nitrogens with one attached hydrogen (secondary N) is 2. The van der Waals surface area contributed by atoms with Crippen LogP contribution in [-0.2, 0) is 19.1 Å². The van der Waals surface area contributed by atoms with Crippen molar-refractivity contribution in [3.8, 4) is 5.75 Å². The summed E-state index contributed by atoms with van der Waals surface area (Å²) in [5, 5.41) is 5.63. The Morgan fingerprint density at radius 2 is 1.64 bits per heavy atom. The Hall–Kier alpha value is -3.06. The van der Waals surface area contributed by atoms with Gasteiger partial charge in [0.15, 0.2) is 12.7 Å². The smallest absolute Gasteiger partial charge is 0.344 e. The Kier molecular flexibility index (Phi) is 7.40. The summed E-state index contributed by atoms with van der Waals surface area (Å²) in [5.74, 6) is -1.00. The number of carbonyl (C=O) groups excluding carboxylic acids is 3. The van der Waals surface area contributed by atoms with Crippen molar-refractivity contribution in [1.82, 2.24) is 0 Å². The number of hydrogen-bond donors (Lipinski definition) is 2. The predicted octanol–water partition coefficient (Wildman–Crippen LogP) is 3.56. The second-order valence-electron chi connectivity index (χ2n) is 6.10. The van der Waals surface area contributed by atoms with Gasteiger partial charge in [-0.05, 0) is 55.8 Å². The van der Waals surface area contributed by atoms with Gasteiger partial charge in [-0.1, -0.05) is 17.7 Å². The predicted molar refractivity (Wildman–Crippen MR) is 107 cm³/mol. The van der Waals surface area contributed by atoms with Gasteiger partial charge in [-0.25, -0.2) is 4.79 Å². The van der Waals surface area contributed by atoms with Gasteiger partial charge in [-0.3, -0.25) is 9.59 Å². The first-order chi connectivity index (χ1) is 13.2. The molecule has 0 spiro atoms. The summed E-state index contributed by atoms with van der Waals surface area (Å²) in [6.45, 7) is 4.36. The molecule has 0 saturated carbocycles. The first kappa shape index (κ1) is 21.2. The molecule has 148 valence electrons. The van der Waals surface area contributed by atoms with Crippen LogP contribution in [0.3, 0.4) is 0 Å². The summed E-state index contributed by atoms with van der Waals surface area (Å²) in [6.07, 6.45) is -1.01. The topological polar surface area (TPSA) is 93.7 Å². The lowest BCUT2D eigenvalue weighted by Crippen LogP contribution is -2.31. The maximum Gasteiger partial charge on any atom is 0.344 e. The van der Waals surface area contributed by atoms with E-state index in [-0.39, 0.29) is 12.5 Å². The van der Waals surface area contributed by atoms with Crippen LogP contribution < -0.4 is 15.4 Å². The highest BCUT2D eigenvalue weighted by Crippen LogP contribution is 2.25. The maximum atomic E-state index is 12.2. The summed E-state index contributed by atoms with van der Waals surface area (Å²) in [7, 11) is 0. The molecule has 7 nitrogen and oxygen atoms in total. The zero-order chi connectivity index (χ0) is 20.7. The van der Waals surface area contributed by atoms with E-state index in [9.17, 15) is 14.4 Å². The van der Waals surface area contributed by atoms with Crippen molar-refractivity contribution < 1.29 is 23.9 Å². The number of amides is 2. The van der Waals surface area contributed by atoms with Crippen molar-refractivity contribution in [3.63, 3.8) is 0 Å². The second-order valence-corrected chi connectivity index (χ2v) is 6.51. The van der Waals surface area contributed by atoms with Crippen molar-refractivity contribution >= 4 is 40.8 Å². The van der Waals surface area contributed by atoms with Crippen LogP contribution in [0.1, 0.15) is 19.4 Å². The molecule has 8 heteroatoms. The van der Waals surface area contributed by atoms with Gasteiger partial charge in [-0.2, -0.15) is 0 Å². The molecule has 0 radical (unpaired) electrons. The van der Waals surface area contributed by atoms with Gasteiger partial charge >= 0.3 is 5.97 Å². The van der Waals surface area contributed by atoms with E-state index in [0.29, 0.717) is 22.1 Å². The summed E-state index contributed by atoms with van der Waals surface area (Å²) in [4.78, 5) is 35.1. The molecule has 2 amide bonds. The minimum absolute atomic E-state index is 0.188. The van der Waals surface area contributed by atoms with Crippen LogP contribution >= 0.6 is 11.6 Å². The summed E-state index contributed by atoms with van der Waals surface area (Å²) in [6, 6.07) is 11.7. The van der Waals surface area contributed by atoms with Crippen LogP contribution in [0.25, 0.3) is 0 Å². The van der Waals surface area contributed by atoms with E-state index in [4.69, 9.17) is 21.1 Å². The van der Waals surface area contributed by atoms with Crippen molar-refractivity contribution in [1.29, 1.82) is 0 Å². The van der Waals surface area contributed by atoms with Crippen molar-refractivity contribution in [3.05, 3.63) is 53.1 Å². The summed E-state index contributed by atoms with van der Waals surface area (Å²) < 4.78 is 10.4. The summed E-state index contributed by atoms with van der Waals surface area (Å²) >= 11 is 6.00. The molecule has 0 aliphatic heterocycles. The average Bonchev–Trinajstić information content (AvgIpc) is 2.63. The lowest BCUT2D eigenvalue weighted by atomic mass is 10.2. The lowest BCUT2D eigenvalue weighted by Gasteiger charge is -2.14. The SMILES string of the molecule is CC(=O)Nc1ccc(NC(=O)[C@@H](C)OC(=O)COc2cc(C)ccc2Cl)cc1. The quantitative estimate of drug-likeness (QED) is 0.688.